The van der Waals surface area contributed by atoms with Gasteiger partial charge >= 0.3 is 0 Å². The number of carbonyl (C=O) groups is 1. The van der Waals surface area contributed by atoms with Crippen molar-refractivity contribution in [2.45, 2.75) is 25.7 Å². The Bertz CT molecular complexity index is 447. The molecule has 0 bridgehead atoms. The maximum atomic E-state index is 11.8. The number of oxime groups is 1. The summed E-state index contributed by atoms with van der Waals surface area (Å²) >= 11 is 0. The highest BCUT2D eigenvalue weighted by molar-refractivity contribution is 6.47. The fourth-order valence-electron chi connectivity index (χ4n) is 2.10. The Morgan fingerprint density at radius 1 is 1.33 bits per heavy atom. The van der Waals surface area contributed by atoms with E-state index in [1.54, 1.807) is 6.07 Å². The smallest absolute Gasteiger partial charge is 0.210 e. The van der Waals surface area contributed by atoms with Gasteiger partial charge in [-0.3, -0.25) is 4.79 Å². The minimum Gasteiger partial charge on any atom is -0.411 e. The summed E-state index contributed by atoms with van der Waals surface area (Å²) in [6.07, 6.45) is 0.485. The van der Waals surface area contributed by atoms with Crippen LogP contribution in [0.5, 0.6) is 0 Å². The van der Waals surface area contributed by atoms with Crippen molar-refractivity contribution in [3.05, 3.63) is 35.4 Å². The third-order valence-electron chi connectivity index (χ3n) is 2.89. The third-order valence-corrected chi connectivity index (χ3v) is 2.89. The first-order chi connectivity index (χ1) is 7.06. The predicted molar refractivity (Wildman–Crippen MR) is 57.6 cm³/mol. The molecule has 0 saturated carbocycles. The van der Waals surface area contributed by atoms with Crippen LogP contribution in [0.1, 0.15) is 36.2 Å². The number of Topliss-reactive ketones (excluding diaryl/α,β-unsaturated/α-hetero) is 1. The van der Waals surface area contributed by atoms with Crippen LogP contribution in [0.15, 0.2) is 29.4 Å². The Balaban J connectivity index is 2.66. The molecule has 1 aromatic rings. The molecule has 0 unspecified atom stereocenters. The number of hydrogen-bond acceptors (Lipinski definition) is 3. The predicted octanol–water partition coefficient (Wildman–Crippen LogP) is 2.38. The number of rotatable bonds is 0. The second-order valence-electron chi connectivity index (χ2n) is 4.48. The number of benzene rings is 1. The monoisotopic (exact) mass is 203 g/mol. The van der Waals surface area contributed by atoms with Gasteiger partial charge in [0.2, 0.25) is 5.78 Å². The van der Waals surface area contributed by atoms with E-state index in [4.69, 9.17) is 5.21 Å². The summed E-state index contributed by atoms with van der Waals surface area (Å²) in [5.74, 6) is -0.160. The second kappa shape index (κ2) is 3.19. The molecule has 1 aliphatic carbocycles. The quantitative estimate of drug-likeness (QED) is 0.520. The van der Waals surface area contributed by atoms with Crippen molar-refractivity contribution < 1.29 is 10.0 Å². The first-order valence-electron chi connectivity index (χ1n) is 4.91. The summed E-state index contributed by atoms with van der Waals surface area (Å²) in [5, 5.41) is 11.9. The molecule has 0 heterocycles. The van der Waals surface area contributed by atoms with Gasteiger partial charge in [0.1, 0.15) is 5.71 Å². The lowest BCUT2D eigenvalue weighted by molar-refractivity contribution is 0.105. The van der Waals surface area contributed by atoms with E-state index in [0.717, 1.165) is 5.56 Å². The lowest BCUT2D eigenvalue weighted by atomic mass is 9.71. The van der Waals surface area contributed by atoms with Crippen LogP contribution in [0, 0.1) is 0 Å². The van der Waals surface area contributed by atoms with Gasteiger partial charge in [0.25, 0.3) is 0 Å². The number of carbonyl (C=O) groups excluding carboxylic acids is 1. The molecule has 2 rings (SSSR count). The molecule has 0 atom stereocenters. The van der Waals surface area contributed by atoms with Crippen molar-refractivity contribution in [3.8, 4) is 0 Å². The zero-order chi connectivity index (χ0) is 11.1. The fourth-order valence-corrected chi connectivity index (χ4v) is 2.10. The van der Waals surface area contributed by atoms with E-state index in [1.807, 2.05) is 32.0 Å². The first-order valence-corrected chi connectivity index (χ1v) is 4.91. The topological polar surface area (TPSA) is 49.7 Å². The highest BCUT2D eigenvalue weighted by atomic mass is 16.4. The molecule has 0 saturated heterocycles. The van der Waals surface area contributed by atoms with Crippen LogP contribution in [-0.2, 0) is 5.41 Å². The minimum atomic E-state index is -0.160. The lowest BCUT2D eigenvalue weighted by Crippen LogP contribution is -2.34. The molecule has 3 nitrogen and oxygen atoms in total. The van der Waals surface area contributed by atoms with Crippen LogP contribution in [0.3, 0.4) is 0 Å². The van der Waals surface area contributed by atoms with Crippen molar-refractivity contribution in [1.82, 2.24) is 0 Å². The van der Waals surface area contributed by atoms with E-state index in [9.17, 15) is 4.79 Å². The van der Waals surface area contributed by atoms with Gasteiger partial charge < -0.3 is 5.21 Å². The van der Waals surface area contributed by atoms with E-state index >= 15 is 0 Å². The van der Waals surface area contributed by atoms with Gasteiger partial charge in [0.15, 0.2) is 0 Å². The summed E-state index contributed by atoms with van der Waals surface area (Å²) in [7, 11) is 0. The Morgan fingerprint density at radius 2 is 2.00 bits per heavy atom. The van der Waals surface area contributed by atoms with E-state index < -0.39 is 0 Å². The molecule has 0 radical (unpaired) electrons. The van der Waals surface area contributed by atoms with Crippen LogP contribution in [-0.4, -0.2) is 16.7 Å². The molecule has 1 N–H and O–H groups in total. The minimum absolute atomic E-state index is 0.147. The van der Waals surface area contributed by atoms with Crippen LogP contribution < -0.4 is 0 Å². The van der Waals surface area contributed by atoms with E-state index in [2.05, 4.69) is 5.16 Å². The van der Waals surface area contributed by atoms with Gasteiger partial charge in [-0.1, -0.05) is 43.3 Å². The first kappa shape index (κ1) is 9.90. The molecule has 78 valence electrons. The van der Waals surface area contributed by atoms with Gasteiger partial charge in [-0.15, -0.1) is 0 Å². The van der Waals surface area contributed by atoms with Crippen molar-refractivity contribution in [2.24, 2.45) is 5.16 Å². The Kier molecular flexibility index (Phi) is 2.11. The number of fused-ring (bicyclic) bond motifs is 1. The molecule has 0 aromatic heterocycles. The van der Waals surface area contributed by atoms with Gasteiger partial charge in [-0.05, 0) is 11.0 Å². The molecule has 3 heteroatoms. The highest BCUT2D eigenvalue weighted by Gasteiger charge is 2.35. The normalized spacial score (nSPS) is 21.5. The highest BCUT2D eigenvalue weighted by Crippen LogP contribution is 2.35. The van der Waals surface area contributed by atoms with Crippen molar-refractivity contribution in [1.29, 1.82) is 0 Å². The summed E-state index contributed by atoms with van der Waals surface area (Å²) in [6, 6.07) is 7.49. The summed E-state index contributed by atoms with van der Waals surface area (Å²) in [6.45, 7) is 4.09. The van der Waals surface area contributed by atoms with E-state index in [1.165, 1.54) is 0 Å². The summed E-state index contributed by atoms with van der Waals surface area (Å²) in [4.78, 5) is 11.8. The molecule has 1 aliphatic rings. The average Bonchev–Trinajstić information content (AvgIpc) is 2.24. The maximum Gasteiger partial charge on any atom is 0.210 e. The molecule has 0 aliphatic heterocycles. The molecule has 1 aromatic carbocycles. The second-order valence-corrected chi connectivity index (χ2v) is 4.48. The fraction of sp³-hybridized carbons (Fsp3) is 0.333. The van der Waals surface area contributed by atoms with Gasteiger partial charge in [0, 0.05) is 12.0 Å². The molecule has 0 spiro atoms. The third kappa shape index (κ3) is 1.44. The van der Waals surface area contributed by atoms with Crippen LogP contribution in [0.4, 0.5) is 0 Å². The zero-order valence-electron chi connectivity index (χ0n) is 8.82. The Hall–Kier alpha value is -1.64. The largest absolute Gasteiger partial charge is 0.411 e. The standard InChI is InChI=1S/C12H13NO2/c1-12(2)7-10(13-15)11(14)8-5-3-4-6-9(8)12/h3-6,15H,7H2,1-2H3/b13-10+. The van der Waals surface area contributed by atoms with Crippen molar-refractivity contribution >= 4 is 11.5 Å². The lowest BCUT2D eigenvalue weighted by Gasteiger charge is -2.31. The summed E-state index contributed by atoms with van der Waals surface area (Å²) < 4.78 is 0. The zero-order valence-corrected chi connectivity index (χ0v) is 8.82. The SMILES string of the molecule is CC1(C)C/C(=N\O)C(=O)c2ccccc21. The van der Waals surface area contributed by atoms with E-state index in [0.29, 0.717) is 12.0 Å². The Labute approximate surface area is 88.4 Å². The van der Waals surface area contributed by atoms with Gasteiger partial charge in [0.05, 0.1) is 0 Å². The van der Waals surface area contributed by atoms with Gasteiger partial charge in [-0.2, -0.15) is 0 Å². The number of nitrogens with zero attached hydrogens (tertiary/aromatic N) is 1. The van der Waals surface area contributed by atoms with E-state index in [-0.39, 0.29) is 16.9 Å². The van der Waals surface area contributed by atoms with Crippen molar-refractivity contribution in [3.63, 3.8) is 0 Å². The number of ketones is 1. The Morgan fingerprint density at radius 3 is 2.67 bits per heavy atom. The van der Waals surface area contributed by atoms with Crippen molar-refractivity contribution in [2.75, 3.05) is 0 Å². The molecule has 0 fully saturated rings. The summed E-state index contributed by atoms with van der Waals surface area (Å²) in [5.41, 5.74) is 1.79. The maximum absolute atomic E-state index is 11.8. The molecule has 15 heavy (non-hydrogen) atoms. The molecular formula is C12H13NO2. The molecule has 0 amide bonds. The van der Waals surface area contributed by atoms with Gasteiger partial charge in [-0.25, -0.2) is 0 Å². The molecular weight excluding hydrogens is 190 g/mol. The van der Waals surface area contributed by atoms with Crippen LogP contribution in [0.2, 0.25) is 0 Å². The average molecular weight is 203 g/mol. The van der Waals surface area contributed by atoms with Crippen LogP contribution in [0.25, 0.3) is 0 Å². The van der Waals surface area contributed by atoms with Crippen LogP contribution >= 0.6 is 0 Å². The number of hydrogen-bond donors (Lipinski definition) is 1.